The van der Waals surface area contributed by atoms with Gasteiger partial charge < -0.3 is 15.1 Å². The fraction of sp³-hybridized carbons (Fsp3) is 0.125. The molecule has 0 aliphatic heterocycles. The van der Waals surface area contributed by atoms with Crippen LogP contribution in [-0.4, -0.2) is 34.8 Å². The number of thiophene rings is 1. The first kappa shape index (κ1) is 17.2. The van der Waals surface area contributed by atoms with Crippen molar-refractivity contribution < 1.29 is 14.0 Å². The van der Waals surface area contributed by atoms with Crippen molar-refractivity contribution in [1.82, 2.24) is 15.5 Å². The van der Waals surface area contributed by atoms with Crippen LogP contribution in [0, 0.1) is 0 Å². The first-order chi connectivity index (χ1) is 12.2. The van der Waals surface area contributed by atoms with Crippen LogP contribution in [0.1, 0.15) is 10.4 Å². The molecule has 2 amide bonds. The zero-order valence-electron chi connectivity index (χ0n) is 13.2. The Balaban J connectivity index is 1.56. The molecule has 0 saturated carbocycles. The van der Waals surface area contributed by atoms with E-state index in [1.54, 1.807) is 31.3 Å². The van der Waals surface area contributed by atoms with Crippen LogP contribution in [0.5, 0.6) is 0 Å². The molecular weight excluding hydrogens is 360 g/mol. The molecule has 1 aromatic carbocycles. The molecule has 128 valence electrons. The number of anilines is 1. The van der Waals surface area contributed by atoms with Crippen molar-refractivity contribution in [3.63, 3.8) is 0 Å². The van der Waals surface area contributed by atoms with Gasteiger partial charge in [-0.05, 0) is 29.6 Å². The van der Waals surface area contributed by atoms with Gasteiger partial charge in [0.2, 0.25) is 5.91 Å². The van der Waals surface area contributed by atoms with Crippen molar-refractivity contribution in [3.05, 3.63) is 47.3 Å². The van der Waals surface area contributed by atoms with Gasteiger partial charge in [0.05, 0.1) is 10.6 Å². The van der Waals surface area contributed by atoms with E-state index in [1.807, 2.05) is 17.5 Å². The summed E-state index contributed by atoms with van der Waals surface area (Å²) in [6, 6.07) is 10.5. The lowest BCUT2D eigenvalue weighted by molar-refractivity contribution is -0.113. The Kier molecular flexibility index (Phi) is 5.46. The standard InChI is InChI=1S/C16H14N4O3S2/c1-17-14(22)10-4-2-5-11(8-10)18-13(21)9-25-16-20-19-15(23-16)12-6-3-7-24-12/h2-8H,9H2,1H3,(H,17,22)(H,18,21). The predicted molar refractivity (Wildman–Crippen MR) is 96.8 cm³/mol. The minimum absolute atomic E-state index is 0.121. The first-order valence-corrected chi connectivity index (χ1v) is 9.14. The molecule has 2 heterocycles. The van der Waals surface area contributed by atoms with E-state index in [9.17, 15) is 9.59 Å². The van der Waals surface area contributed by atoms with Crippen molar-refractivity contribution in [2.75, 3.05) is 18.1 Å². The van der Waals surface area contributed by atoms with Gasteiger partial charge in [0.1, 0.15) is 0 Å². The molecule has 0 fully saturated rings. The zero-order valence-corrected chi connectivity index (χ0v) is 14.8. The van der Waals surface area contributed by atoms with Crippen LogP contribution in [0.3, 0.4) is 0 Å². The summed E-state index contributed by atoms with van der Waals surface area (Å²) in [4.78, 5) is 24.5. The number of rotatable bonds is 6. The van der Waals surface area contributed by atoms with Gasteiger partial charge in [0.25, 0.3) is 17.0 Å². The summed E-state index contributed by atoms with van der Waals surface area (Å²) < 4.78 is 5.51. The Hall–Kier alpha value is -2.65. The molecule has 3 rings (SSSR count). The molecule has 25 heavy (non-hydrogen) atoms. The van der Waals surface area contributed by atoms with E-state index in [0.717, 1.165) is 16.6 Å². The second kappa shape index (κ2) is 7.95. The van der Waals surface area contributed by atoms with Crippen LogP contribution >= 0.6 is 23.1 Å². The Labute approximate surface area is 151 Å². The molecule has 0 radical (unpaired) electrons. The number of hydrogen-bond acceptors (Lipinski definition) is 7. The predicted octanol–water partition coefficient (Wildman–Crippen LogP) is 2.89. The molecule has 2 N–H and O–H groups in total. The molecule has 0 atom stereocenters. The minimum atomic E-state index is -0.227. The molecule has 0 saturated heterocycles. The fourth-order valence-corrected chi connectivity index (χ4v) is 3.18. The third-order valence-electron chi connectivity index (χ3n) is 3.10. The van der Waals surface area contributed by atoms with Crippen LogP contribution in [0.2, 0.25) is 0 Å². The second-order valence-corrected chi connectivity index (χ2v) is 6.72. The molecule has 3 aromatic rings. The zero-order chi connectivity index (χ0) is 17.6. The highest BCUT2D eigenvalue weighted by Gasteiger charge is 2.12. The molecule has 0 spiro atoms. The SMILES string of the molecule is CNC(=O)c1cccc(NC(=O)CSc2nnc(-c3cccs3)o2)c1. The number of carbonyl (C=O) groups excluding carboxylic acids is 2. The Morgan fingerprint density at radius 2 is 2.12 bits per heavy atom. The highest BCUT2D eigenvalue weighted by molar-refractivity contribution is 7.99. The van der Waals surface area contributed by atoms with Gasteiger partial charge in [-0.25, -0.2) is 0 Å². The molecule has 2 aromatic heterocycles. The average molecular weight is 374 g/mol. The van der Waals surface area contributed by atoms with Crippen molar-refractivity contribution in [1.29, 1.82) is 0 Å². The van der Waals surface area contributed by atoms with E-state index in [1.165, 1.54) is 11.3 Å². The average Bonchev–Trinajstić information content (AvgIpc) is 3.30. The van der Waals surface area contributed by atoms with E-state index >= 15 is 0 Å². The lowest BCUT2D eigenvalue weighted by atomic mass is 10.2. The third kappa shape index (κ3) is 4.46. The highest BCUT2D eigenvalue weighted by atomic mass is 32.2. The number of aromatic nitrogens is 2. The normalized spacial score (nSPS) is 10.4. The topological polar surface area (TPSA) is 97.1 Å². The first-order valence-electron chi connectivity index (χ1n) is 7.28. The van der Waals surface area contributed by atoms with E-state index in [4.69, 9.17) is 4.42 Å². The van der Waals surface area contributed by atoms with Crippen LogP contribution in [0.4, 0.5) is 5.69 Å². The third-order valence-corrected chi connectivity index (χ3v) is 4.78. The fourth-order valence-electron chi connectivity index (χ4n) is 1.97. The van der Waals surface area contributed by atoms with E-state index in [-0.39, 0.29) is 17.6 Å². The molecule has 7 nitrogen and oxygen atoms in total. The summed E-state index contributed by atoms with van der Waals surface area (Å²) in [6.45, 7) is 0. The van der Waals surface area contributed by atoms with Crippen molar-refractivity contribution >= 4 is 40.6 Å². The Bertz CT molecular complexity index is 877. The van der Waals surface area contributed by atoms with Gasteiger partial charge in [-0.1, -0.05) is 23.9 Å². The molecular formula is C16H14N4O3S2. The maximum atomic E-state index is 12.1. The molecule has 0 aliphatic rings. The maximum absolute atomic E-state index is 12.1. The van der Waals surface area contributed by atoms with Crippen LogP contribution in [-0.2, 0) is 4.79 Å². The number of carbonyl (C=O) groups is 2. The molecule has 0 bridgehead atoms. The Morgan fingerprint density at radius 3 is 2.88 bits per heavy atom. The second-order valence-electron chi connectivity index (χ2n) is 4.85. The van der Waals surface area contributed by atoms with E-state index in [2.05, 4.69) is 20.8 Å². The number of hydrogen-bond donors (Lipinski definition) is 2. The van der Waals surface area contributed by atoms with E-state index in [0.29, 0.717) is 22.4 Å². The molecule has 0 aliphatic carbocycles. The molecule has 0 unspecified atom stereocenters. The summed E-state index contributed by atoms with van der Waals surface area (Å²) in [7, 11) is 1.55. The summed E-state index contributed by atoms with van der Waals surface area (Å²) in [5.74, 6) is 0.125. The minimum Gasteiger partial charge on any atom is -0.410 e. The monoisotopic (exact) mass is 374 g/mol. The van der Waals surface area contributed by atoms with Gasteiger partial charge in [-0.2, -0.15) is 0 Å². The van der Waals surface area contributed by atoms with E-state index < -0.39 is 0 Å². The van der Waals surface area contributed by atoms with Gasteiger partial charge >= 0.3 is 0 Å². The Morgan fingerprint density at radius 1 is 1.24 bits per heavy atom. The smallest absolute Gasteiger partial charge is 0.277 e. The van der Waals surface area contributed by atoms with Crippen molar-refractivity contribution in [2.24, 2.45) is 0 Å². The summed E-state index contributed by atoms with van der Waals surface area (Å²) in [5.41, 5.74) is 1.03. The van der Waals surface area contributed by atoms with Crippen LogP contribution in [0.25, 0.3) is 10.8 Å². The van der Waals surface area contributed by atoms with Gasteiger partial charge in [0, 0.05) is 18.3 Å². The van der Waals surface area contributed by atoms with Gasteiger partial charge in [0.15, 0.2) is 0 Å². The van der Waals surface area contributed by atoms with Crippen LogP contribution < -0.4 is 10.6 Å². The highest BCUT2D eigenvalue weighted by Crippen LogP contribution is 2.26. The lowest BCUT2D eigenvalue weighted by Crippen LogP contribution is -2.18. The molecule has 9 heteroatoms. The van der Waals surface area contributed by atoms with Crippen molar-refractivity contribution in [2.45, 2.75) is 5.22 Å². The maximum Gasteiger partial charge on any atom is 0.277 e. The largest absolute Gasteiger partial charge is 0.410 e. The van der Waals surface area contributed by atoms with Gasteiger partial charge in [-0.15, -0.1) is 21.5 Å². The van der Waals surface area contributed by atoms with Gasteiger partial charge in [-0.3, -0.25) is 9.59 Å². The van der Waals surface area contributed by atoms with Crippen molar-refractivity contribution in [3.8, 4) is 10.8 Å². The number of nitrogens with one attached hydrogen (secondary N) is 2. The number of benzene rings is 1. The summed E-state index contributed by atoms with van der Waals surface area (Å²) in [5, 5.41) is 15.4. The summed E-state index contributed by atoms with van der Waals surface area (Å²) >= 11 is 2.66. The number of amides is 2. The summed E-state index contributed by atoms with van der Waals surface area (Å²) in [6.07, 6.45) is 0. The quantitative estimate of drug-likeness (QED) is 0.644. The number of nitrogens with zero attached hydrogens (tertiary/aromatic N) is 2. The number of thioether (sulfide) groups is 1. The van der Waals surface area contributed by atoms with Crippen LogP contribution in [0.15, 0.2) is 51.4 Å². The lowest BCUT2D eigenvalue weighted by Gasteiger charge is -2.06.